The summed E-state index contributed by atoms with van der Waals surface area (Å²) in [4.78, 5) is 20.4. The molecule has 0 unspecified atom stereocenters. The topological polar surface area (TPSA) is 154 Å². The highest BCUT2D eigenvalue weighted by Crippen LogP contribution is 2.40. The lowest BCUT2D eigenvalue weighted by Crippen LogP contribution is -2.00. The summed E-state index contributed by atoms with van der Waals surface area (Å²) in [6, 6.07) is 11.3. The molecule has 3 aromatic rings. The van der Waals surface area contributed by atoms with Crippen LogP contribution in [0.2, 0.25) is 0 Å². The first-order chi connectivity index (χ1) is 11.3. The molecule has 0 bridgehead atoms. The third-order valence-electron chi connectivity index (χ3n) is 3.00. The van der Waals surface area contributed by atoms with Crippen LogP contribution in [-0.2, 0) is 0 Å². The van der Waals surface area contributed by atoms with Gasteiger partial charge in [-0.25, -0.2) is 0 Å². The van der Waals surface area contributed by atoms with Crippen LogP contribution in [0.5, 0.6) is 17.2 Å². The van der Waals surface area contributed by atoms with E-state index in [1.54, 1.807) is 24.3 Å². The Labute approximate surface area is 133 Å². The molecular weight excluding hydrogens is 322 g/mol. The first kappa shape index (κ1) is 16.6. The van der Waals surface area contributed by atoms with Gasteiger partial charge in [0.05, 0.1) is 0 Å². The number of fused-ring (bicyclic) bond motifs is 1. The minimum atomic E-state index is -1.50. The molecule has 0 aliphatic carbocycles. The number of rotatable bonds is 1. The lowest BCUT2D eigenvalue weighted by Gasteiger charge is -2.06. The second-order valence-electron chi connectivity index (χ2n) is 4.54. The molecule has 0 fully saturated rings. The van der Waals surface area contributed by atoms with E-state index in [0.717, 1.165) is 6.07 Å². The van der Waals surface area contributed by atoms with Crippen molar-refractivity contribution < 1.29 is 30.0 Å². The van der Waals surface area contributed by atoms with Gasteiger partial charge in [0.1, 0.15) is 16.7 Å². The number of aromatic hydroxyl groups is 3. The van der Waals surface area contributed by atoms with Gasteiger partial charge in [0.15, 0.2) is 16.9 Å². The largest absolute Gasteiger partial charge is 0.504 e. The van der Waals surface area contributed by atoms with Gasteiger partial charge in [0, 0.05) is 17.7 Å². The van der Waals surface area contributed by atoms with E-state index >= 15 is 0 Å². The van der Waals surface area contributed by atoms with Gasteiger partial charge in [0.2, 0.25) is 5.75 Å². The Morgan fingerprint density at radius 2 is 1.58 bits per heavy atom. The van der Waals surface area contributed by atoms with Gasteiger partial charge in [-0.05, 0) is 0 Å². The molecule has 2 aromatic carbocycles. The molecule has 0 aliphatic rings. The summed E-state index contributed by atoms with van der Waals surface area (Å²) >= 11 is 0. The molecule has 9 heteroatoms. The predicted octanol–water partition coefficient (Wildman–Crippen LogP) is 2.23. The van der Waals surface area contributed by atoms with Crippen LogP contribution in [0.4, 0.5) is 0 Å². The average molecular weight is 333 g/mol. The Hall–Kier alpha value is -3.75. The van der Waals surface area contributed by atoms with Crippen LogP contribution >= 0.6 is 0 Å². The van der Waals surface area contributed by atoms with Crippen LogP contribution in [0.1, 0.15) is 0 Å². The van der Waals surface area contributed by atoms with E-state index in [4.69, 9.17) is 19.7 Å². The van der Waals surface area contributed by atoms with E-state index in [0.29, 0.717) is 11.3 Å². The molecule has 0 saturated heterocycles. The van der Waals surface area contributed by atoms with Gasteiger partial charge in [-0.1, -0.05) is 30.3 Å². The monoisotopic (exact) mass is 333 g/mol. The minimum absolute atomic E-state index is 0.00385. The van der Waals surface area contributed by atoms with Gasteiger partial charge in [-0.15, -0.1) is 10.1 Å². The fourth-order valence-corrected chi connectivity index (χ4v) is 2.02. The summed E-state index contributed by atoms with van der Waals surface area (Å²) in [7, 11) is 0. The Kier molecular flexibility index (Phi) is 4.55. The van der Waals surface area contributed by atoms with Gasteiger partial charge in [-0.3, -0.25) is 4.79 Å². The summed E-state index contributed by atoms with van der Waals surface area (Å²) in [6.07, 6.45) is 0. The lowest BCUT2D eigenvalue weighted by molar-refractivity contribution is -0.742. The molecule has 0 atom stereocenters. The third kappa shape index (κ3) is 3.35. The molecule has 4 N–H and O–H groups in total. The van der Waals surface area contributed by atoms with E-state index in [9.17, 15) is 20.1 Å². The Morgan fingerprint density at radius 1 is 1.00 bits per heavy atom. The van der Waals surface area contributed by atoms with Gasteiger partial charge in [-0.2, -0.15) is 0 Å². The predicted molar refractivity (Wildman–Crippen MR) is 81.7 cm³/mol. The minimum Gasteiger partial charge on any atom is -0.504 e. The highest BCUT2D eigenvalue weighted by molar-refractivity contribution is 5.89. The Bertz CT molecular complexity index is 945. The molecule has 9 nitrogen and oxygen atoms in total. The van der Waals surface area contributed by atoms with Crippen molar-refractivity contribution in [2.75, 3.05) is 0 Å². The molecule has 0 amide bonds. The third-order valence-corrected chi connectivity index (χ3v) is 3.00. The van der Waals surface area contributed by atoms with Crippen molar-refractivity contribution >= 4 is 11.0 Å². The zero-order chi connectivity index (χ0) is 17.9. The van der Waals surface area contributed by atoms with Crippen molar-refractivity contribution in [2.24, 2.45) is 0 Å². The lowest BCUT2D eigenvalue weighted by atomic mass is 10.1. The van der Waals surface area contributed by atoms with Crippen molar-refractivity contribution in [1.29, 1.82) is 0 Å². The molecule has 0 radical (unpaired) electrons. The van der Waals surface area contributed by atoms with Gasteiger partial charge in [0.25, 0.3) is 5.09 Å². The number of hydrogen-bond acceptors (Lipinski definition) is 7. The van der Waals surface area contributed by atoms with Crippen molar-refractivity contribution in [2.45, 2.75) is 0 Å². The van der Waals surface area contributed by atoms with Crippen LogP contribution in [0.3, 0.4) is 0 Å². The molecular formula is C15H11NO8. The summed E-state index contributed by atoms with van der Waals surface area (Å²) < 4.78 is 5.51. The van der Waals surface area contributed by atoms with Crippen LogP contribution in [0.15, 0.2) is 51.7 Å². The van der Waals surface area contributed by atoms with Gasteiger partial charge < -0.3 is 24.9 Å². The van der Waals surface area contributed by atoms with Crippen LogP contribution in [0, 0.1) is 10.1 Å². The van der Waals surface area contributed by atoms with Crippen LogP contribution in [-0.4, -0.2) is 25.6 Å². The molecule has 1 heterocycles. The van der Waals surface area contributed by atoms with E-state index < -0.39 is 27.8 Å². The van der Waals surface area contributed by atoms with Gasteiger partial charge >= 0.3 is 0 Å². The Morgan fingerprint density at radius 3 is 2.17 bits per heavy atom. The average Bonchev–Trinajstić information content (AvgIpc) is 2.52. The maximum Gasteiger partial charge on any atom is 0.291 e. The number of hydrogen-bond donors (Lipinski definition) is 4. The maximum absolute atomic E-state index is 12.0. The highest BCUT2D eigenvalue weighted by Gasteiger charge is 2.17. The van der Waals surface area contributed by atoms with Crippen molar-refractivity contribution in [3.63, 3.8) is 0 Å². The number of phenolic OH excluding ortho intramolecular Hbond substituents is 3. The summed E-state index contributed by atoms with van der Waals surface area (Å²) in [5, 5.41) is 42.1. The molecule has 124 valence electrons. The first-order valence-electron chi connectivity index (χ1n) is 6.41. The summed E-state index contributed by atoms with van der Waals surface area (Å²) in [6.45, 7) is 0. The van der Waals surface area contributed by atoms with E-state index in [1.807, 2.05) is 6.07 Å². The standard InChI is InChI=1S/C15H10O5.HNO3/c16-9-6-11(8-4-2-1-3-5-8)20-12-7-10(17)14(18)15(19)13(9)12;2-1(3)4/h1-7,17-19H;(H,2,3,4). The molecule has 0 spiro atoms. The smallest absolute Gasteiger partial charge is 0.291 e. The SMILES string of the molecule is O=[N+]([O-])O.O=c1cc(-c2ccccc2)oc2cc(O)c(O)c(O)c12. The summed E-state index contributed by atoms with van der Waals surface area (Å²) in [5.74, 6) is -1.67. The van der Waals surface area contributed by atoms with Crippen molar-refractivity contribution in [1.82, 2.24) is 0 Å². The van der Waals surface area contributed by atoms with E-state index in [-0.39, 0.29) is 11.0 Å². The van der Waals surface area contributed by atoms with Crippen molar-refractivity contribution in [3.05, 3.63) is 62.8 Å². The molecule has 1 aromatic heterocycles. The normalized spacial score (nSPS) is 10.0. The van der Waals surface area contributed by atoms with Crippen LogP contribution < -0.4 is 5.43 Å². The van der Waals surface area contributed by atoms with Crippen LogP contribution in [0.25, 0.3) is 22.3 Å². The zero-order valence-corrected chi connectivity index (χ0v) is 11.9. The maximum atomic E-state index is 12.0. The number of benzene rings is 2. The first-order valence-corrected chi connectivity index (χ1v) is 6.41. The zero-order valence-electron chi connectivity index (χ0n) is 11.9. The summed E-state index contributed by atoms with van der Waals surface area (Å²) in [5.41, 5.74) is 0.195. The molecule has 3 rings (SSSR count). The molecule has 24 heavy (non-hydrogen) atoms. The fourth-order valence-electron chi connectivity index (χ4n) is 2.02. The molecule has 0 aliphatic heterocycles. The fraction of sp³-hybridized carbons (Fsp3) is 0. The molecule has 0 saturated carbocycles. The number of nitrogens with zero attached hydrogens (tertiary/aromatic N) is 1. The Balaban J connectivity index is 0.000000471. The highest BCUT2D eigenvalue weighted by atomic mass is 16.9. The number of phenols is 3. The van der Waals surface area contributed by atoms with E-state index in [1.165, 1.54) is 6.07 Å². The second kappa shape index (κ2) is 6.57. The second-order valence-corrected chi connectivity index (χ2v) is 4.54. The quantitative estimate of drug-likeness (QED) is 0.300. The van der Waals surface area contributed by atoms with E-state index in [2.05, 4.69) is 0 Å². The van der Waals surface area contributed by atoms with Crippen molar-refractivity contribution in [3.8, 4) is 28.6 Å².